The molecule has 2 aromatic heterocycles. The quantitative estimate of drug-likeness (QED) is 0.675. The van der Waals surface area contributed by atoms with Crippen LogP contribution in [0.4, 0.5) is 0 Å². The maximum atomic E-state index is 11.4. The molecule has 1 saturated carbocycles. The summed E-state index contributed by atoms with van der Waals surface area (Å²) in [7, 11) is 0. The third kappa shape index (κ3) is 2.83. The van der Waals surface area contributed by atoms with Crippen LogP contribution < -0.4 is 0 Å². The predicted octanol–water partition coefficient (Wildman–Crippen LogP) is 3.11. The zero-order chi connectivity index (χ0) is 14.1. The van der Waals surface area contributed by atoms with E-state index < -0.39 is 5.97 Å². The number of carbonyl (C=O) groups is 1. The van der Waals surface area contributed by atoms with E-state index >= 15 is 0 Å². The fourth-order valence-corrected chi connectivity index (χ4v) is 3.54. The number of aromatic nitrogens is 3. The summed E-state index contributed by atoms with van der Waals surface area (Å²) < 4.78 is 0. The Balaban J connectivity index is 1.91. The molecule has 2 aromatic rings. The number of nitrogens with zero attached hydrogens (tertiary/aromatic N) is 3. The van der Waals surface area contributed by atoms with Gasteiger partial charge in [-0.3, -0.25) is 0 Å². The summed E-state index contributed by atoms with van der Waals surface area (Å²) in [4.78, 5) is 24.4. The van der Waals surface area contributed by atoms with E-state index in [1.54, 1.807) is 12.4 Å². The molecule has 1 aliphatic rings. The van der Waals surface area contributed by atoms with Crippen LogP contribution in [-0.4, -0.2) is 26.0 Å². The lowest BCUT2D eigenvalue weighted by molar-refractivity contribution is 0.0690. The van der Waals surface area contributed by atoms with E-state index in [2.05, 4.69) is 15.0 Å². The van der Waals surface area contributed by atoms with Crippen LogP contribution in [0.3, 0.4) is 0 Å². The maximum Gasteiger partial charge on any atom is 0.340 e. The van der Waals surface area contributed by atoms with Gasteiger partial charge < -0.3 is 5.11 Å². The molecule has 104 valence electrons. The Morgan fingerprint density at radius 1 is 1.50 bits per heavy atom. The normalized spacial score (nSPS) is 14.4. The van der Waals surface area contributed by atoms with E-state index in [0.29, 0.717) is 22.4 Å². The highest BCUT2D eigenvalue weighted by molar-refractivity contribution is 7.98. The average molecular weight is 307 g/mol. The molecule has 0 aromatic carbocycles. The van der Waals surface area contributed by atoms with Crippen LogP contribution in [0.15, 0.2) is 15.9 Å². The summed E-state index contributed by atoms with van der Waals surface area (Å²) in [5.74, 6) is 0.860. The number of carboxylic acid groups (broad SMARTS) is 1. The topological polar surface area (TPSA) is 76.0 Å². The van der Waals surface area contributed by atoms with Crippen LogP contribution in [0.2, 0.25) is 0 Å². The number of thiazole rings is 1. The highest BCUT2D eigenvalue weighted by Gasteiger charge is 2.29. The molecule has 0 amide bonds. The van der Waals surface area contributed by atoms with E-state index in [9.17, 15) is 9.90 Å². The summed E-state index contributed by atoms with van der Waals surface area (Å²) in [5, 5.41) is 11.9. The van der Waals surface area contributed by atoms with E-state index in [1.165, 1.54) is 23.1 Å². The lowest BCUT2D eigenvalue weighted by Gasteiger charge is -2.09. The van der Waals surface area contributed by atoms with E-state index in [1.807, 2.05) is 5.38 Å². The lowest BCUT2D eigenvalue weighted by Crippen LogP contribution is -2.09. The van der Waals surface area contributed by atoms with Crippen molar-refractivity contribution in [2.24, 2.45) is 0 Å². The molecule has 20 heavy (non-hydrogen) atoms. The minimum atomic E-state index is -0.967. The fourth-order valence-electron chi connectivity index (χ4n) is 1.89. The molecular weight excluding hydrogens is 294 g/mol. The number of carboxylic acids is 1. The second kappa shape index (κ2) is 5.49. The molecule has 1 N–H and O–H groups in total. The largest absolute Gasteiger partial charge is 0.478 e. The summed E-state index contributed by atoms with van der Waals surface area (Å²) in [6.07, 6.45) is 2.20. The van der Waals surface area contributed by atoms with Crippen molar-refractivity contribution in [2.75, 3.05) is 0 Å². The number of hydrogen-bond acceptors (Lipinski definition) is 6. The third-order valence-electron chi connectivity index (χ3n) is 3.07. The van der Waals surface area contributed by atoms with Gasteiger partial charge in [0.25, 0.3) is 0 Å². The molecule has 3 rings (SSSR count). The standard InChI is InChI=1S/C13H13N3O2S2/c1-7-10(13(17)18)12(16-11(15-7)8-2-3-8)20-5-9-4-19-6-14-9/h4,6,8H,2-3,5H2,1H3,(H,17,18). The van der Waals surface area contributed by atoms with E-state index in [0.717, 1.165) is 24.4 Å². The zero-order valence-electron chi connectivity index (χ0n) is 10.9. The number of thioether (sulfide) groups is 1. The smallest absolute Gasteiger partial charge is 0.340 e. The van der Waals surface area contributed by atoms with Crippen LogP contribution >= 0.6 is 23.1 Å². The lowest BCUT2D eigenvalue weighted by atomic mass is 10.2. The molecule has 0 bridgehead atoms. The van der Waals surface area contributed by atoms with Gasteiger partial charge in [0.05, 0.1) is 16.9 Å². The first-order valence-corrected chi connectivity index (χ1v) is 8.19. The first kappa shape index (κ1) is 13.5. The Kier molecular flexibility index (Phi) is 3.71. The summed E-state index contributed by atoms with van der Waals surface area (Å²) >= 11 is 2.95. The van der Waals surface area contributed by atoms with Gasteiger partial charge in [-0.25, -0.2) is 19.7 Å². The SMILES string of the molecule is Cc1nc(C2CC2)nc(SCc2cscn2)c1C(=O)O. The molecule has 0 spiro atoms. The maximum absolute atomic E-state index is 11.4. The minimum Gasteiger partial charge on any atom is -0.478 e. The molecule has 1 aliphatic carbocycles. The van der Waals surface area contributed by atoms with Gasteiger partial charge in [0.2, 0.25) is 0 Å². The summed E-state index contributed by atoms with van der Waals surface area (Å²) in [6.45, 7) is 1.74. The Bertz CT molecular complexity index is 639. The number of aromatic carboxylic acids is 1. The van der Waals surface area contributed by atoms with E-state index in [4.69, 9.17) is 0 Å². The Morgan fingerprint density at radius 2 is 2.30 bits per heavy atom. The summed E-state index contributed by atoms with van der Waals surface area (Å²) in [6, 6.07) is 0. The number of aryl methyl sites for hydroxylation is 1. The average Bonchev–Trinajstić information content (AvgIpc) is 3.12. The van der Waals surface area contributed by atoms with Crippen molar-refractivity contribution < 1.29 is 9.90 Å². The van der Waals surface area contributed by atoms with Crippen LogP contribution in [0.5, 0.6) is 0 Å². The Morgan fingerprint density at radius 3 is 2.90 bits per heavy atom. The molecule has 0 aliphatic heterocycles. The molecular formula is C13H13N3O2S2. The zero-order valence-corrected chi connectivity index (χ0v) is 12.5. The molecule has 0 saturated heterocycles. The van der Waals surface area contributed by atoms with Gasteiger partial charge in [-0.1, -0.05) is 11.8 Å². The van der Waals surface area contributed by atoms with Crippen molar-refractivity contribution in [3.05, 3.63) is 33.7 Å². The van der Waals surface area contributed by atoms with Crippen molar-refractivity contribution in [1.82, 2.24) is 15.0 Å². The highest BCUT2D eigenvalue weighted by Crippen LogP contribution is 2.39. The van der Waals surface area contributed by atoms with Crippen LogP contribution in [0.1, 0.15) is 46.3 Å². The van der Waals surface area contributed by atoms with Crippen LogP contribution in [-0.2, 0) is 5.75 Å². The van der Waals surface area contributed by atoms with Crippen molar-refractivity contribution in [3.8, 4) is 0 Å². The molecule has 1 fully saturated rings. The van der Waals surface area contributed by atoms with Gasteiger partial charge in [0, 0.05) is 17.1 Å². The fraction of sp³-hybridized carbons (Fsp3) is 0.385. The van der Waals surface area contributed by atoms with Gasteiger partial charge in [-0.05, 0) is 19.8 Å². The first-order chi connectivity index (χ1) is 9.65. The highest BCUT2D eigenvalue weighted by atomic mass is 32.2. The molecule has 0 radical (unpaired) electrons. The minimum absolute atomic E-state index is 0.217. The first-order valence-electron chi connectivity index (χ1n) is 6.27. The van der Waals surface area contributed by atoms with Crippen molar-refractivity contribution in [3.63, 3.8) is 0 Å². The van der Waals surface area contributed by atoms with Gasteiger partial charge in [-0.15, -0.1) is 11.3 Å². The molecule has 0 unspecified atom stereocenters. The van der Waals surface area contributed by atoms with Gasteiger partial charge in [0.1, 0.15) is 16.4 Å². The molecule has 0 atom stereocenters. The predicted molar refractivity (Wildman–Crippen MR) is 77.4 cm³/mol. The van der Waals surface area contributed by atoms with Crippen LogP contribution in [0.25, 0.3) is 0 Å². The second-order valence-electron chi connectivity index (χ2n) is 4.70. The van der Waals surface area contributed by atoms with Gasteiger partial charge >= 0.3 is 5.97 Å². The monoisotopic (exact) mass is 307 g/mol. The van der Waals surface area contributed by atoms with Crippen LogP contribution in [0, 0.1) is 6.92 Å². The molecule has 7 heteroatoms. The third-order valence-corrected chi connectivity index (χ3v) is 4.71. The van der Waals surface area contributed by atoms with Crippen molar-refractivity contribution in [1.29, 1.82) is 0 Å². The number of hydrogen-bond donors (Lipinski definition) is 1. The number of rotatable bonds is 5. The molecule has 2 heterocycles. The van der Waals surface area contributed by atoms with Gasteiger partial charge in [-0.2, -0.15) is 0 Å². The van der Waals surface area contributed by atoms with Crippen molar-refractivity contribution >= 4 is 29.1 Å². The Hall–Kier alpha value is -1.47. The van der Waals surface area contributed by atoms with E-state index in [-0.39, 0.29) is 5.56 Å². The molecule has 5 nitrogen and oxygen atoms in total. The summed E-state index contributed by atoms with van der Waals surface area (Å²) in [5.41, 5.74) is 3.49. The van der Waals surface area contributed by atoms with Gasteiger partial charge in [0.15, 0.2) is 0 Å². The second-order valence-corrected chi connectivity index (χ2v) is 6.38. The van der Waals surface area contributed by atoms with Crippen molar-refractivity contribution in [2.45, 2.75) is 36.5 Å². The Labute approximate surface area is 124 Å².